The van der Waals surface area contributed by atoms with Gasteiger partial charge in [0.25, 0.3) is 0 Å². The van der Waals surface area contributed by atoms with Crippen LogP contribution in [0.25, 0.3) is 0 Å². The molecule has 0 bridgehead atoms. The minimum Gasteiger partial charge on any atom is -0.396 e. The van der Waals surface area contributed by atoms with Crippen LogP contribution in [-0.2, 0) is 0 Å². The predicted molar refractivity (Wildman–Crippen MR) is 47.0 cm³/mol. The monoisotopic (exact) mass is 173 g/mol. The molecule has 72 valence electrons. The van der Waals surface area contributed by atoms with Gasteiger partial charge in [0.05, 0.1) is 0 Å². The number of aliphatic hydroxyl groups excluding tert-OH is 1. The van der Waals surface area contributed by atoms with Gasteiger partial charge in [-0.25, -0.2) is 0 Å². The Labute approximate surface area is 74.0 Å². The lowest BCUT2D eigenvalue weighted by Gasteiger charge is -2.36. The zero-order valence-corrected chi connectivity index (χ0v) is 8.17. The predicted octanol–water partition coefficient (Wildman–Crippen LogP) is 1.39. The minimum atomic E-state index is -0.224. The van der Waals surface area contributed by atoms with Crippen molar-refractivity contribution >= 4 is 0 Å². The van der Waals surface area contributed by atoms with Crippen LogP contribution in [0.1, 0.15) is 40.0 Å². The van der Waals surface area contributed by atoms with E-state index in [4.69, 9.17) is 5.11 Å². The third-order valence-electron chi connectivity index (χ3n) is 3.01. The maximum Gasteiger partial charge on any atom is 0.0461 e. The number of hydroxylamine groups is 2. The summed E-state index contributed by atoms with van der Waals surface area (Å²) in [6.45, 7) is 6.19. The van der Waals surface area contributed by atoms with E-state index in [0.29, 0.717) is 6.42 Å². The molecule has 1 aliphatic heterocycles. The Morgan fingerprint density at radius 3 is 2.17 bits per heavy atom. The Balaban J connectivity index is 2.71. The van der Waals surface area contributed by atoms with E-state index in [2.05, 4.69) is 0 Å². The van der Waals surface area contributed by atoms with Gasteiger partial charge in [0.1, 0.15) is 0 Å². The lowest BCUT2D eigenvalue weighted by Crippen LogP contribution is -2.47. The highest BCUT2D eigenvalue weighted by molar-refractivity contribution is 4.98. The summed E-state index contributed by atoms with van der Waals surface area (Å²) in [5.41, 5.74) is -0.359. The number of hydrogen-bond acceptors (Lipinski definition) is 3. The zero-order valence-electron chi connectivity index (χ0n) is 8.17. The fraction of sp³-hybridized carbons (Fsp3) is 1.00. The SMILES string of the molecule is CC1(C)CCC(C)(CCO)N1O. The van der Waals surface area contributed by atoms with E-state index in [1.165, 1.54) is 5.06 Å². The molecule has 1 unspecified atom stereocenters. The summed E-state index contributed by atoms with van der Waals surface area (Å²) in [6, 6.07) is 0. The lowest BCUT2D eigenvalue weighted by atomic mass is 9.96. The van der Waals surface area contributed by atoms with Crippen molar-refractivity contribution in [3.05, 3.63) is 0 Å². The van der Waals surface area contributed by atoms with E-state index < -0.39 is 0 Å². The van der Waals surface area contributed by atoms with Crippen LogP contribution in [0, 0.1) is 0 Å². The molecule has 3 nitrogen and oxygen atoms in total. The first-order chi connectivity index (χ1) is 5.42. The van der Waals surface area contributed by atoms with E-state index in [1.54, 1.807) is 0 Å². The second-order valence-corrected chi connectivity index (χ2v) is 4.59. The fourth-order valence-corrected chi connectivity index (χ4v) is 1.99. The van der Waals surface area contributed by atoms with Gasteiger partial charge in [-0.15, -0.1) is 0 Å². The average Bonchev–Trinajstić information content (AvgIpc) is 2.17. The van der Waals surface area contributed by atoms with Crippen molar-refractivity contribution in [2.45, 2.75) is 51.1 Å². The molecule has 0 radical (unpaired) electrons. The molecule has 0 aliphatic carbocycles. The lowest BCUT2D eigenvalue weighted by molar-refractivity contribution is -0.200. The maximum absolute atomic E-state index is 9.83. The van der Waals surface area contributed by atoms with Crippen LogP contribution in [-0.4, -0.2) is 33.1 Å². The summed E-state index contributed by atoms with van der Waals surface area (Å²) < 4.78 is 0. The first-order valence-corrected chi connectivity index (χ1v) is 4.52. The minimum absolute atomic E-state index is 0.135. The fourth-order valence-electron chi connectivity index (χ4n) is 1.99. The Morgan fingerprint density at radius 1 is 1.25 bits per heavy atom. The van der Waals surface area contributed by atoms with E-state index in [0.717, 1.165) is 12.8 Å². The van der Waals surface area contributed by atoms with Crippen LogP contribution >= 0.6 is 0 Å². The van der Waals surface area contributed by atoms with Crippen molar-refractivity contribution in [3.63, 3.8) is 0 Å². The molecule has 1 rings (SSSR count). The second kappa shape index (κ2) is 2.98. The molecule has 0 saturated carbocycles. The van der Waals surface area contributed by atoms with Crippen molar-refractivity contribution in [2.24, 2.45) is 0 Å². The molecular formula is C9H19NO2. The molecular weight excluding hydrogens is 154 g/mol. The first-order valence-electron chi connectivity index (χ1n) is 4.52. The molecule has 3 heteroatoms. The molecule has 1 fully saturated rings. The van der Waals surface area contributed by atoms with Gasteiger partial charge in [-0.2, -0.15) is 5.06 Å². The molecule has 0 spiro atoms. The van der Waals surface area contributed by atoms with E-state index in [-0.39, 0.29) is 17.7 Å². The van der Waals surface area contributed by atoms with Gasteiger partial charge in [-0.1, -0.05) is 0 Å². The van der Waals surface area contributed by atoms with Crippen LogP contribution in [0.15, 0.2) is 0 Å². The summed E-state index contributed by atoms with van der Waals surface area (Å²) in [5.74, 6) is 0. The molecule has 0 amide bonds. The summed E-state index contributed by atoms with van der Waals surface area (Å²) >= 11 is 0. The quantitative estimate of drug-likeness (QED) is 0.663. The molecule has 1 aliphatic rings. The molecule has 12 heavy (non-hydrogen) atoms. The van der Waals surface area contributed by atoms with Crippen molar-refractivity contribution < 1.29 is 10.3 Å². The van der Waals surface area contributed by atoms with Gasteiger partial charge in [-0.3, -0.25) is 0 Å². The number of aliphatic hydroxyl groups is 1. The number of nitrogens with zero attached hydrogens (tertiary/aromatic N) is 1. The third-order valence-corrected chi connectivity index (χ3v) is 3.01. The van der Waals surface area contributed by atoms with Gasteiger partial charge in [0.2, 0.25) is 0 Å². The first kappa shape index (κ1) is 9.96. The molecule has 1 saturated heterocycles. The smallest absolute Gasteiger partial charge is 0.0461 e. The van der Waals surface area contributed by atoms with Crippen LogP contribution in [0.3, 0.4) is 0 Å². The van der Waals surface area contributed by atoms with E-state index >= 15 is 0 Å². The van der Waals surface area contributed by atoms with Crippen molar-refractivity contribution in [2.75, 3.05) is 6.61 Å². The maximum atomic E-state index is 9.83. The molecule has 0 aromatic rings. The highest BCUT2D eigenvalue weighted by atomic mass is 16.5. The number of hydrogen-bond donors (Lipinski definition) is 2. The summed E-state index contributed by atoms with van der Waals surface area (Å²) in [5, 5.41) is 20.1. The molecule has 2 N–H and O–H groups in total. The van der Waals surface area contributed by atoms with Gasteiger partial charge >= 0.3 is 0 Å². The van der Waals surface area contributed by atoms with Gasteiger partial charge in [-0.05, 0) is 40.0 Å². The largest absolute Gasteiger partial charge is 0.396 e. The summed E-state index contributed by atoms with van der Waals surface area (Å²) in [7, 11) is 0. The van der Waals surface area contributed by atoms with Gasteiger partial charge in [0.15, 0.2) is 0 Å². The van der Waals surface area contributed by atoms with Crippen LogP contribution in [0.4, 0.5) is 0 Å². The normalized spacial score (nSPS) is 35.8. The third kappa shape index (κ3) is 1.49. The zero-order chi connectivity index (χ0) is 9.41. The van der Waals surface area contributed by atoms with Crippen LogP contribution in [0.2, 0.25) is 0 Å². The Kier molecular flexibility index (Phi) is 2.47. The topological polar surface area (TPSA) is 43.7 Å². The molecule has 0 aromatic heterocycles. The summed E-state index contributed by atoms with van der Waals surface area (Å²) in [4.78, 5) is 0. The van der Waals surface area contributed by atoms with Gasteiger partial charge in [0, 0.05) is 17.7 Å². The second-order valence-electron chi connectivity index (χ2n) is 4.59. The highest BCUT2D eigenvalue weighted by Crippen LogP contribution is 2.40. The highest BCUT2D eigenvalue weighted by Gasteiger charge is 2.46. The van der Waals surface area contributed by atoms with Crippen molar-refractivity contribution in [1.29, 1.82) is 0 Å². The van der Waals surface area contributed by atoms with Crippen molar-refractivity contribution in [1.82, 2.24) is 5.06 Å². The summed E-state index contributed by atoms with van der Waals surface area (Å²) in [6.07, 6.45) is 2.59. The standard InChI is InChI=1S/C9H19NO2/c1-8(2)4-5-9(3,6-7-11)10(8)12/h11-12H,4-7H2,1-3H3. The Bertz CT molecular complexity index is 170. The Morgan fingerprint density at radius 2 is 1.83 bits per heavy atom. The van der Waals surface area contributed by atoms with Gasteiger partial charge < -0.3 is 10.3 Å². The van der Waals surface area contributed by atoms with Crippen molar-refractivity contribution in [3.8, 4) is 0 Å². The number of rotatable bonds is 2. The Hall–Kier alpha value is -0.120. The van der Waals surface area contributed by atoms with Crippen LogP contribution < -0.4 is 0 Å². The molecule has 1 heterocycles. The average molecular weight is 173 g/mol. The van der Waals surface area contributed by atoms with E-state index in [9.17, 15) is 5.21 Å². The van der Waals surface area contributed by atoms with E-state index in [1.807, 2.05) is 20.8 Å². The molecule has 0 aromatic carbocycles. The van der Waals surface area contributed by atoms with Crippen LogP contribution in [0.5, 0.6) is 0 Å². The molecule has 1 atom stereocenters.